The molecule has 5 amide bonds. The van der Waals surface area contributed by atoms with Crippen LogP contribution >= 0.6 is 11.6 Å². The fourth-order valence-electron chi connectivity index (χ4n) is 7.62. The van der Waals surface area contributed by atoms with Crippen molar-refractivity contribution in [2.75, 3.05) is 41.9 Å². The molecule has 326 valence electrons. The highest BCUT2D eigenvalue weighted by atomic mass is 35.5. The number of nitrogens with one attached hydrogen (secondary N) is 3. The number of aromatic nitrogens is 4. The van der Waals surface area contributed by atoms with Gasteiger partial charge in [-0.2, -0.15) is 4.68 Å². The summed E-state index contributed by atoms with van der Waals surface area (Å²) in [5.74, 6) is -4.74. The third-order valence-electron chi connectivity index (χ3n) is 10.6. The summed E-state index contributed by atoms with van der Waals surface area (Å²) in [4.78, 5) is 81.6. The van der Waals surface area contributed by atoms with E-state index in [1.807, 2.05) is 13.8 Å². The predicted octanol–water partition coefficient (Wildman–Crippen LogP) is 3.08. The highest BCUT2D eigenvalue weighted by molar-refractivity contribution is 6.31. The average molecular weight is 875 g/mol. The lowest BCUT2D eigenvalue weighted by atomic mass is 10.0. The third-order valence-corrected chi connectivity index (χ3v) is 10.9. The predicted molar refractivity (Wildman–Crippen MR) is 218 cm³/mol. The number of carbonyl (C=O) groups is 6. The van der Waals surface area contributed by atoms with Gasteiger partial charge in [0.05, 0.1) is 36.4 Å². The molecule has 0 aliphatic carbocycles. The fourth-order valence-corrected chi connectivity index (χ4v) is 7.80. The lowest BCUT2D eigenvalue weighted by Gasteiger charge is -2.37. The summed E-state index contributed by atoms with van der Waals surface area (Å²) in [6.45, 7) is 5.45. The van der Waals surface area contributed by atoms with Crippen LogP contribution in [0.25, 0.3) is 5.69 Å². The van der Waals surface area contributed by atoms with Gasteiger partial charge in [0.1, 0.15) is 18.5 Å². The van der Waals surface area contributed by atoms with E-state index in [0.717, 1.165) is 0 Å². The number of benzene rings is 3. The van der Waals surface area contributed by atoms with Gasteiger partial charge in [0, 0.05) is 36.6 Å². The van der Waals surface area contributed by atoms with Crippen LogP contribution in [0.15, 0.2) is 73.1 Å². The van der Waals surface area contributed by atoms with E-state index < -0.39 is 47.8 Å². The van der Waals surface area contributed by atoms with Gasteiger partial charge in [0.15, 0.2) is 5.79 Å². The first-order chi connectivity index (χ1) is 29.7. The maximum absolute atomic E-state index is 14.6. The van der Waals surface area contributed by atoms with E-state index in [-0.39, 0.29) is 53.0 Å². The molecule has 21 nitrogen and oxygen atoms in total. The minimum atomic E-state index is -2.56. The zero-order valence-electron chi connectivity index (χ0n) is 33.5. The number of hydrazine groups is 1. The van der Waals surface area contributed by atoms with Crippen LogP contribution in [0.3, 0.4) is 0 Å². The van der Waals surface area contributed by atoms with Crippen LogP contribution in [0.1, 0.15) is 37.8 Å². The van der Waals surface area contributed by atoms with Crippen LogP contribution in [0.2, 0.25) is 5.02 Å². The SMILES string of the molecule is CC1(C)OC[C@H](COC2CCN(C(=O)Nc3ccc(CC(C(=O)N[C@@]4(C(=O)O)Cc5ccccc5N4C(=O)O)N(Nc4cc(Cl)ccc4-n4cnnn4)C(=O)C=O)cc3)CC2)O1. The van der Waals surface area contributed by atoms with Gasteiger partial charge in [0.25, 0.3) is 0 Å². The number of likely N-dealkylation sites (tertiary alicyclic amines) is 1. The zero-order valence-corrected chi connectivity index (χ0v) is 34.2. The molecule has 1 aromatic heterocycles. The minimum absolute atomic E-state index is 0.0349. The summed E-state index contributed by atoms with van der Waals surface area (Å²) in [7, 11) is 0. The van der Waals surface area contributed by atoms with Crippen molar-refractivity contribution < 1.29 is 53.2 Å². The Morgan fingerprint density at radius 1 is 1.03 bits per heavy atom. The standard InChI is InChI=1S/C40H43ClN10O11/c1-39(2)61-22-29(62-39)21-60-28-13-15-48(16-14-28)37(57)43-27-10-7-24(8-11-27)17-33(35(54)44-40(36(55)56)19-25-5-3-4-6-31(25)50(40)38(58)59)51(34(53)20-52)45-30-18-26(41)9-12-32(30)49-23-42-46-47-49/h3-12,18,20,23,28-29,33,45H,13-17,19,21-22H2,1-2H3,(H,43,57)(H,44,54)(H,55,56)(H,58,59)/t29-,33?,40-/m0/s1. The highest BCUT2D eigenvalue weighted by Crippen LogP contribution is 2.38. The quantitative estimate of drug-likeness (QED) is 0.0693. The van der Waals surface area contributed by atoms with Gasteiger partial charge in [0.2, 0.25) is 17.9 Å². The molecule has 22 heteroatoms. The molecule has 7 rings (SSSR count). The van der Waals surface area contributed by atoms with Gasteiger partial charge in [-0.15, -0.1) is 5.10 Å². The third kappa shape index (κ3) is 9.44. The summed E-state index contributed by atoms with van der Waals surface area (Å²) in [5, 5.41) is 38.1. The lowest BCUT2D eigenvalue weighted by molar-refractivity contribution is -0.149. The summed E-state index contributed by atoms with van der Waals surface area (Å²) < 4.78 is 18.7. The maximum Gasteiger partial charge on any atom is 0.414 e. The summed E-state index contributed by atoms with van der Waals surface area (Å²) in [6.07, 6.45) is -0.220. The van der Waals surface area contributed by atoms with Crippen molar-refractivity contribution in [3.63, 3.8) is 0 Å². The number of carboxylic acids is 1. The van der Waals surface area contributed by atoms with E-state index >= 15 is 0 Å². The van der Waals surface area contributed by atoms with Gasteiger partial charge in [-0.3, -0.25) is 19.8 Å². The molecule has 62 heavy (non-hydrogen) atoms. The fraction of sp³-hybridized carbons (Fsp3) is 0.375. The normalized spacial score (nSPS) is 19.9. The monoisotopic (exact) mass is 874 g/mol. The van der Waals surface area contributed by atoms with Crippen molar-refractivity contribution in [3.05, 3.63) is 89.2 Å². The van der Waals surface area contributed by atoms with Crippen molar-refractivity contribution in [1.29, 1.82) is 0 Å². The Hall–Kier alpha value is -6.68. The molecule has 4 aromatic rings. The molecular weight excluding hydrogens is 832 g/mol. The number of piperidine rings is 1. The summed E-state index contributed by atoms with van der Waals surface area (Å²) >= 11 is 6.33. The number of ether oxygens (including phenoxy) is 3. The second kappa shape index (κ2) is 18.1. The lowest BCUT2D eigenvalue weighted by Crippen LogP contribution is -2.69. The molecule has 3 aliphatic heterocycles. The Kier molecular flexibility index (Phi) is 12.7. The van der Waals surface area contributed by atoms with Crippen molar-refractivity contribution in [3.8, 4) is 5.69 Å². The minimum Gasteiger partial charge on any atom is -0.478 e. The molecule has 3 aromatic carbocycles. The van der Waals surface area contributed by atoms with Crippen molar-refractivity contribution >= 4 is 64.9 Å². The van der Waals surface area contributed by atoms with Gasteiger partial charge in [-0.25, -0.2) is 24.3 Å². The first-order valence-corrected chi connectivity index (χ1v) is 19.9. The number of tetrazole rings is 1. The number of carbonyl (C=O) groups excluding carboxylic acids is 4. The molecule has 0 saturated carbocycles. The molecule has 3 aliphatic rings. The molecule has 3 atom stereocenters. The first kappa shape index (κ1) is 43.4. The average Bonchev–Trinajstić information content (AvgIpc) is 3.99. The topological polar surface area (TPSA) is 260 Å². The Morgan fingerprint density at radius 3 is 2.42 bits per heavy atom. The summed E-state index contributed by atoms with van der Waals surface area (Å²) in [6, 6.07) is 14.7. The number of hydrogen-bond donors (Lipinski definition) is 5. The molecular formula is C40H43ClN10O11. The number of carboxylic acid groups (broad SMARTS) is 2. The van der Waals surface area contributed by atoms with E-state index in [0.29, 0.717) is 65.9 Å². The number of fused-ring (bicyclic) bond motifs is 1. The Morgan fingerprint density at radius 2 is 1.77 bits per heavy atom. The van der Waals surface area contributed by atoms with Crippen LogP contribution in [-0.2, 0) is 46.2 Å². The number of nitrogens with zero attached hydrogens (tertiary/aromatic N) is 7. The Labute approximate surface area is 358 Å². The van der Waals surface area contributed by atoms with E-state index in [9.17, 15) is 39.0 Å². The van der Waals surface area contributed by atoms with E-state index in [1.165, 1.54) is 47.4 Å². The van der Waals surface area contributed by atoms with Crippen LogP contribution in [0.4, 0.5) is 26.7 Å². The number of urea groups is 1. The summed E-state index contributed by atoms with van der Waals surface area (Å²) in [5.41, 5.74) is 1.68. The van der Waals surface area contributed by atoms with Crippen LogP contribution in [-0.4, -0.2) is 133 Å². The number of hydrogen-bond acceptors (Lipinski definition) is 13. The molecule has 2 fully saturated rings. The number of amides is 5. The molecule has 1 unspecified atom stereocenters. The molecule has 5 N–H and O–H groups in total. The van der Waals surface area contributed by atoms with Gasteiger partial charge in [-0.1, -0.05) is 41.9 Å². The second-order valence-corrected chi connectivity index (χ2v) is 15.7. The Balaban J connectivity index is 1.11. The molecule has 4 heterocycles. The van der Waals surface area contributed by atoms with Crippen molar-refractivity contribution in [1.82, 2.24) is 35.4 Å². The van der Waals surface area contributed by atoms with Crippen LogP contribution < -0.4 is 21.0 Å². The van der Waals surface area contributed by atoms with E-state index in [1.54, 1.807) is 35.2 Å². The smallest absolute Gasteiger partial charge is 0.414 e. The first-order valence-electron chi connectivity index (χ1n) is 19.5. The largest absolute Gasteiger partial charge is 0.478 e. The highest BCUT2D eigenvalue weighted by Gasteiger charge is 2.55. The Bertz CT molecular complexity index is 2330. The molecule has 0 radical (unpaired) electrons. The van der Waals surface area contributed by atoms with Gasteiger partial charge in [-0.05, 0) is 84.6 Å². The number of anilines is 3. The van der Waals surface area contributed by atoms with Gasteiger partial charge >= 0.3 is 24.0 Å². The number of halogens is 1. The maximum atomic E-state index is 14.6. The van der Waals surface area contributed by atoms with Crippen LogP contribution in [0, 0.1) is 0 Å². The number of aliphatic carboxylic acids is 1. The number of para-hydroxylation sites is 1. The van der Waals surface area contributed by atoms with E-state index in [4.69, 9.17) is 25.8 Å². The molecule has 2 saturated heterocycles. The number of rotatable bonds is 14. The molecule has 0 bridgehead atoms. The molecule has 0 spiro atoms. The zero-order chi connectivity index (χ0) is 44.2. The van der Waals surface area contributed by atoms with Gasteiger partial charge < -0.3 is 40.0 Å². The van der Waals surface area contributed by atoms with E-state index in [2.05, 4.69) is 31.6 Å². The number of aldehydes is 1. The second-order valence-electron chi connectivity index (χ2n) is 15.2. The van der Waals surface area contributed by atoms with Crippen molar-refractivity contribution in [2.24, 2.45) is 0 Å². The van der Waals surface area contributed by atoms with Crippen LogP contribution in [0.5, 0.6) is 0 Å². The van der Waals surface area contributed by atoms with Crippen molar-refractivity contribution in [2.45, 2.75) is 69.2 Å².